The zero-order valence-corrected chi connectivity index (χ0v) is 35.0. The first-order chi connectivity index (χ1) is 26.5. The second kappa shape index (κ2) is 20.5. The molecule has 56 heavy (non-hydrogen) atoms. The Morgan fingerprint density at radius 3 is 2.23 bits per heavy atom. The zero-order valence-electron chi connectivity index (χ0n) is 35.0. The summed E-state index contributed by atoms with van der Waals surface area (Å²) >= 11 is 0. The molecule has 4 aliphatic rings. The summed E-state index contributed by atoms with van der Waals surface area (Å²) in [7, 11) is 4.65. The van der Waals surface area contributed by atoms with Gasteiger partial charge in [0.15, 0.2) is 6.10 Å². The third-order valence-corrected chi connectivity index (χ3v) is 12.7. The van der Waals surface area contributed by atoms with Crippen molar-refractivity contribution in [1.29, 1.82) is 0 Å². The van der Waals surface area contributed by atoms with E-state index in [-0.39, 0.29) is 43.0 Å². The topological polar surface area (TPSA) is 182 Å². The summed E-state index contributed by atoms with van der Waals surface area (Å²) in [5.41, 5.74) is 1.67. The lowest BCUT2D eigenvalue weighted by Crippen LogP contribution is -2.65. The summed E-state index contributed by atoms with van der Waals surface area (Å²) in [5.74, 6) is -5.98. The molecule has 13 heteroatoms. The van der Waals surface area contributed by atoms with Gasteiger partial charge < -0.3 is 49.0 Å². The fourth-order valence-electron chi connectivity index (χ4n) is 9.23. The third kappa shape index (κ3) is 10.8. The highest BCUT2D eigenvalue weighted by Crippen LogP contribution is 2.40. The lowest BCUT2D eigenvalue weighted by atomic mass is 9.81. The van der Waals surface area contributed by atoms with E-state index in [2.05, 4.69) is 6.92 Å². The number of ketones is 1. The van der Waals surface area contributed by atoms with Crippen LogP contribution < -0.4 is 0 Å². The number of rotatable bonds is 6. The van der Waals surface area contributed by atoms with Crippen molar-refractivity contribution in [2.24, 2.45) is 29.6 Å². The second-order valence-electron chi connectivity index (χ2n) is 17.0. The van der Waals surface area contributed by atoms with Crippen LogP contribution in [0.4, 0.5) is 0 Å². The number of carbonyl (C=O) groups is 3. The molecule has 0 spiro atoms. The summed E-state index contributed by atoms with van der Waals surface area (Å²) in [4.78, 5) is 43.4. The van der Waals surface area contributed by atoms with Crippen molar-refractivity contribution >= 4 is 17.7 Å². The smallest absolute Gasteiger partial charge is 0.329 e. The molecule has 2 bridgehead atoms. The van der Waals surface area contributed by atoms with E-state index >= 15 is 0 Å². The van der Waals surface area contributed by atoms with Crippen LogP contribution in [-0.4, -0.2) is 125 Å². The van der Waals surface area contributed by atoms with Crippen LogP contribution in [0.25, 0.3) is 0 Å². The average Bonchev–Trinajstić information content (AvgIpc) is 3.18. The second-order valence-corrected chi connectivity index (χ2v) is 17.0. The Kier molecular flexibility index (Phi) is 16.9. The fraction of sp³-hybridized carbons (Fsp3) is 0.791. The van der Waals surface area contributed by atoms with E-state index in [1.165, 1.54) is 6.20 Å². The largest absolute Gasteiger partial charge is 0.456 e. The highest BCUT2D eigenvalue weighted by Gasteiger charge is 2.56. The molecule has 1 amide bonds. The summed E-state index contributed by atoms with van der Waals surface area (Å²) in [5, 5.41) is 45.9. The van der Waals surface area contributed by atoms with E-state index in [0.29, 0.717) is 50.5 Å². The van der Waals surface area contributed by atoms with Crippen LogP contribution in [0.2, 0.25) is 0 Å². The Morgan fingerprint density at radius 1 is 0.929 bits per heavy atom. The van der Waals surface area contributed by atoms with Crippen LogP contribution in [0.5, 0.6) is 0 Å². The van der Waals surface area contributed by atoms with Crippen LogP contribution in [0.15, 0.2) is 35.6 Å². The van der Waals surface area contributed by atoms with Crippen molar-refractivity contribution in [3.8, 4) is 0 Å². The molecule has 3 heterocycles. The van der Waals surface area contributed by atoms with Gasteiger partial charge in [-0.05, 0) is 89.0 Å². The number of methoxy groups -OCH3 is 3. The number of carbonyl (C=O) groups excluding carboxylic acids is 3. The number of cyclic esters (lactones) is 1. The number of esters is 1. The lowest BCUT2D eigenvalue weighted by Gasteiger charge is -2.49. The summed E-state index contributed by atoms with van der Waals surface area (Å²) in [6.45, 7) is 11.2. The van der Waals surface area contributed by atoms with Crippen LogP contribution in [0.1, 0.15) is 106 Å². The Hall–Kier alpha value is -2.49. The molecule has 4 rings (SSSR count). The predicted molar refractivity (Wildman–Crippen MR) is 209 cm³/mol. The molecule has 0 aromatic rings. The predicted octanol–water partition coefficient (Wildman–Crippen LogP) is 4.39. The van der Waals surface area contributed by atoms with Crippen LogP contribution in [0.3, 0.4) is 0 Å². The van der Waals surface area contributed by atoms with E-state index in [4.69, 9.17) is 23.7 Å². The van der Waals surface area contributed by atoms with E-state index in [0.717, 1.165) is 10.5 Å². The van der Waals surface area contributed by atoms with Gasteiger partial charge in [-0.1, -0.05) is 51.5 Å². The summed E-state index contributed by atoms with van der Waals surface area (Å²) < 4.78 is 29.8. The SMILES string of the molecule is CC[C@@H]1/C=C(\C)C[C@H](C)CC(OC)[C@H]2O[C@@](O)(C(O)C(=O)N3C=CCC[C@H]3C(=O)O[C@H](/C(C)=C/[C@@H]3CC[C@@H](O)[C@H](OC)C3)[C@H](C)[C@@H](O)CC1=O)[C@H](C)C[C@@H]2OC. The minimum atomic E-state index is -2.34. The molecule has 4 N–H and O–H groups in total. The van der Waals surface area contributed by atoms with Crippen LogP contribution in [0, 0.1) is 29.6 Å². The first-order valence-corrected chi connectivity index (χ1v) is 20.6. The van der Waals surface area contributed by atoms with E-state index < -0.39 is 84.2 Å². The number of aliphatic hydroxyl groups excluding tert-OH is 3. The van der Waals surface area contributed by atoms with Crippen molar-refractivity contribution in [1.82, 2.24) is 4.90 Å². The molecule has 0 aromatic carbocycles. The van der Waals surface area contributed by atoms with Crippen molar-refractivity contribution in [3.63, 3.8) is 0 Å². The molecule has 1 saturated heterocycles. The maximum atomic E-state index is 14.3. The molecule has 0 aromatic heterocycles. The molecule has 13 nitrogen and oxygen atoms in total. The molecule has 318 valence electrons. The minimum absolute atomic E-state index is 0.00134. The minimum Gasteiger partial charge on any atom is -0.456 e. The highest BCUT2D eigenvalue weighted by atomic mass is 16.7. The van der Waals surface area contributed by atoms with Crippen molar-refractivity contribution < 1.29 is 58.5 Å². The number of fused-ring (bicyclic) bond motifs is 3. The fourth-order valence-corrected chi connectivity index (χ4v) is 9.23. The number of hydrogen-bond acceptors (Lipinski definition) is 12. The monoisotopic (exact) mass is 791 g/mol. The summed E-state index contributed by atoms with van der Waals surface area (Å²) in [6.07, 6.45) is 4.23. The Morgan fingerprint density at radius 2 is 1.59 bits per heavy atom. The van der Waals surface area contributed by atoms with Crippen molar-refractivity contribution in [2.75, 3.05) is 21.3 Å². The summed E-state index contributed by atoms with van der Waals surface area (Å²) in [6, 6.07) is -1.16. The molecular weight excluding hydrogens is 722 g/mol. The van der Waals surface area contributed by atoms with Gasteiger partial charge in [-0.15, -0.1) is 0 Å². The number of nitrogens with zero attached hydrogens (tertiary/aromatic N) is 1. The number of aliphatic hydroxyl groups is 4. The van der Waals surface area contributed by atoms with Gasteiger partial charge in [0.05, 0.1) is 30.5 Å². The first kappa shape index (κ1) is 46.2. The van der Waals surface area contributed by atoms with E-state index in [9.17, 15) is 34.8 Å². The highest BCUT2D eigenvalue weighted by molar-refractivity contribution is 5.89. The van der Waals surface area contributed by atoms with Crippen molar-refractivity contribution in [3.05, 3.63) is 35.6 Å². The van der Waals surface area contributed by atoms with Gasteiger partial charge in [0.2, 0.25) is 5.79 Å². The van der Waals surface area contributed by atoms with Crippen molar-refractivity contribution in [2.45, 2.75) is 166 Å². The Labute approximate surface area is 333 Å². The molecule has 2 unspecified atom stereocenters. The maximum Gasteiger partial charge on any atom is 0.329 e. The first-order valence-electron chi connectivity index (χ1n) is 20.6. The van der Waals surface area contributed by atoms with E-state index in [1.807, 2.05) is 32.9 Å². The van der Waals surface area contributed by atoms with Gasteiger partial charge in [-0.3, -0.25) is 9.59 Å². The van der Waals surface area contributed by atoms with Gasteiger partial charge in [-0.2, -0.15) is 0 Å². The maximum absolute atomic E-state index is 14.3. The van der Waals surface area contributed by atoms with Gasteiger partial charge in [0.1, 0.15) is 24.0 Å². The standard InChI is InChI=1S/C43H69NO12/c1-10-30-18-24(2)17-25(3)19-36(53-8)39-37(54-9)21-27(5)43(51,56-39)40(48)41(49)44-16-12-11-13-31(44)42(50)55-38(28(6)33(46)23-34(30)47)26(4)20-29-14-15-32(45)35(22-29)52-7/h12,16,18,20,25,27-33,35-40,45-46,48,51H,10-11,13-15,17,19,21-23H2,1-9H3/b24-18+,26-20+/t25-,27+,28+,29-,30+,31-,32+,33-,35+,36?,37-,38+,39+,40?,43+/m0/s1. The quantitative estimate of drug-likeness (QED) is 0.221. The third-order valence-electron chi connectivity index (χ3n) is 12.7. The lowest BCUT2D eigenvalue weighted by molar-refractivity contribution is -0.346. The Bertz CT molecular complexity index is 1430. The normalized spacial score (nSPS) is 42.6. The van der Waals surface area contributed by atoms with Crippen LogP contribution in [-0.2, 0) is 38.1 Å². The Balaban J connectivity index is 1.77. The average molecular weight is 792 g/mol. The van der Waals surface area contributed by atoms with Crippen LogP contribution >= 0.6 is 0 Å². The van der Waals surface area contributed by atoms with E-state index in [1.54, 1.807) is 41.3 Å². The number of allylic oxidation sites excluding steroid dienone is 4. The molecule has 3 aliphatic heterocycles. The number of Topliss-reactive ketones (excluding diaryl/α,β-unsaturated/α-hetero) is 1. The molecule has 1 saturated carbocycles. The van der Waals surface area contributed by atoms with Gasteiger partial charge >= 0.3 is 5.97 Å². The molecule has 1 aliphatic carbocycles. The van der Waals surface area contributed by atoms with Gasteiger partial charge in [0.25, 0.3) is 5.91 Å². The van der Waals surface area contributed by atoms with Gasteiger partial charge in [-0.25, -0.2) is 4.79 Å². The molecule has 0 radical (unpaired) electrons. The molecule has 2 fully saturated rings. The molecule has 15 atom stereocenters. The number of ether oxygens (including phenoxy) is 5. The molecular formula is C43H69NO12. The number of amides is 1. The number of hydrogen-bond donors (Lipinski definition) is 4. The van der Waals surface area contributed by atoms with Gasteiger partial charge in [0, 0.05) is 51.7 Å². The zero-order chi connectivity index (χ0) is 41.5.